The van der Waals surface area contributed by atoms with Crippen LogP contribution in [0.1, 0.15) is 52.9 Å². The molecule has 2 fully saturated rings. The van der Waals surface area contributed by atoms with Crippen LogP contribution in [0, 0.1) is 11.8 Å². The molecule has 1 saturated heterocycles. The first-order valence-electron chi connectivity index (χ1n) is 8.49. The molecule has 1 saturated carbocycles. The summed E-state index contributed by atoms with van der Waals surface area (Å²) >= 11 is 0. The minimum Gasteiger partial charge on any atom is -0.338 e. The summed E-state index contributed by atoms with van der Waals surface area (Å²) in [5, 5.41) is 0. The van der Waals surface area contributed by atoms with Crippen molar-refractivity contribution >= 4 is 17.6 Å². The topological polar surface area (TPSA) is 57.7 Å². The van der Waals surface area contributed by atoms with Crippen LogP contribution in [0.5, 0.6) is 0 Å². The molecule has 1 aliphatic heterocycles. The number of rotatable bonds is 4. The maximum absolute atomic E-state index is 12.4. The van der Waals surface area contributed by atoms with E-state index in [1.165, 1.54) is 19.8 Å². The minimum atomic E-state index is -0.476. The molecule has 0 aromatic rings. The number of carbonyl (C=O) groups excluding carboxylic acids is 3. The molecule has 5 heteroatoms. The lowest BCUT2D eigenvalue weighted by Crippen LogP contribution is -2.59. The number of piperazine rings is 1. The van der Waals surface area contributed by atoms with Gasteiger partial charge >= 0.3 is 0 Å². The summed E-state index contributed by atoms with van der Waals surface area (Å²) in [6, 6.07) is -0.476. The van der Waals surface area contributed by atoms with E-state index < -0.39 is 6.04 Å². The van der Waals surface area contributed by atoms with Crippen molar-refractivity contribution in [3.8, 4) is 0 Å². The smallest absolute Gasteiger partial charge is 0.225 e. The summed E-state index contributed by atoms with van der Waals surface area (Å²) in [4.78, 5) is 40.0. The Bertz CT molecular complexity index is 441. The molecular weight excluding hydrogens is 280 g/mol. The normalized spacial score (nSPS) is 23.2. The van der Waals surface area contributed by atoms with Gasteiger partial charge in [0.25, 0.3) is 0 Å². The van der Waals surface area contributed by atoms with Crippen molar-refractivity contribution in [3.63, 3.8) is 0 Å². The number of ketones is 1. The van der Waals surface area contributed by atoms with Gasteiger partial charge < -0.3 is 9.80 Å². The van der Waals surface area contributed by atoms with Crippen LogP contribution in [-0.2, 0) is 14.4 Å². The van der Waals surface area contributed by atoms with Crippen molar-refractivity contribution in [1.29, 1.82) is 0 Å². The second-order valence-corrected chi connectivity index (χ2v) is 7.01. The molecule has 124 valence electrons. The van der Waals surface area contributed by atoms with Gasteiger partial charge in [-0.3, -0.25) is 14.4 Å². The highest BCUT2D eigenvalue weighted by Gasteiger charge is 2.36. The summed E-state index contributed by atoms with van der Waals surface area (Å²) in [6.07, 6.45) is 5.35. The second kappa shape index (κ2) is 7.25. The van der Waals surface area contributed by atoms with E-state index in [-0.39, 0.29) is 23.5 Å². The van der Waals surface area contributed by atoms with Gasteiger partial charge in [0, 0.05) is 32.0 Å². The molecule has 22 heavy (non-hydrogen) atoms. The summed E-state index contributed by atoms with van der Waals surface area (Å²) in [6.45, 7) is 6.58. The van der Waals surface area contributed by atoms with Crippen LogP contribution in [0.2, 0.25) is 0 Å². The highest BCUT2D eigenvalue weighted by molar-refractivity contribution is 5.89. The van der Waals surface area contributed by atoms with E-state index in [0.29, 0.717) is 32.0 Å². The SMILES string of the molecule is CC(=O)[C@@H]1CN(C(=O)CC2CCCC2)CCN1C(=O)C(C)C. The summed E-state index contributed by atoms with van der Waals surface area (Å²) < 4.78 is 0. The van der Waals surface area contributed by atoms with Gasteiger partial charge in [-0.25, -0.2) is 0 Å². The molecule has 0 aromatic heterocycles. The minimum absolute atomic E-state index is 0.00286. The van der Waals surface area contributed by atoms with E-state index in [1.807, 2.05) is 13.8 Å². The maximum Gasteiger partial charge on any atom is 0.225 e. The molecule has 0 aromatic carbocycles. The average molecular weight is 308 g/mol. The summed E-state index contributed by atoms with van der Waals surface area (Å²) in [5.41, 5.74) is 0. The van der Waals surface area contributed by atoms with Crippen molar-refractivity contribution in [2.45, 2.75) is 58.9 Å². The van der Waals surface area contributed by atoms with Crippen LogP contribution in [0.15, 0.2) is 0 Å². The van der Waals surface area contributed by atoms with E-state index in [4.69, 9.17) is 0 Å². The number of nitrogens with zero attached hydrogens (tertiary/aromatic N) is 2. The fourth-order valence-corrected chi connectivity index (χ4v) is 3.54. The zero-order valence-electron chi connectivity index (χ0n) is 14.0. The van der Waals surface area contributed by atoms with Gasteiger partial charge in [0.05, 0.1) is 0 Å². The van der Waals surface area contributed by atoms with Crippen molar-refractivity contribution in [2.24, 2.45) is 11.8 Å². The molecule has 2 rings (SSSR count). The van der Waals surface area contributed by atoms with Gasteiger partial charge in [0.1, 0.15) is 6.04 Å². The molecule has 0 unspecified atom stereocenters. The molecule has 0 radical (unpaired) electrons. The fraction of sp³-hybridized carbons (Fsp3) is 0.824. The van der Waals surface area contributed by atoms with Crippen LogP contribution in [0.25, 0.3) is 0 Å². The lowest BCUT2D eigenvalue weighted by Gasteiger charge is -2.41. The molecule has 5 nitrogen and oxygen atoms in total. The number of hydrogen-bond acceptors (Lipinski definition) is 3. The summed E-state index contributed by atoms with van der Waals surface area (Å²) in [7, 11) is 0. The Balaban J connectivity index is 1.98. The van der Waals surface area contributed by atoms with Gasteiger partial charge in [-0.15, -0.1) is 0 Å². The highest BCUT2D eigenvalue weighted by Crippen LogP contribution is 2.28. The third-order valence-electron chi connectivity index (χ3n) is 4.92. The second-order valence-electron chi connectivity index (χ2n) is 7.01. The van der Waals surface area contributed by atoms with Crippen molar-refractivity contribution in [2.75, 3.05) is 19.6 Å². The van der Waals surface area contributed by atoms with Crippen LogP contribution in [0.4, 0.5) is 0 Å². The standard InChI is InChI=1S/C17H28N2O3/c1-12(2)17(22)19-9-8-18(11-15(19)13(3)20)16(21)10-14-6-4-5-7-14/h12,14-15H,4-11H2,1-3H3/t15-/m0/s1. The van der Waals surface area contributed by atoms with Gasteiger partial charge in [0.2, 0.25) is 11.8 Å². The van der Waals surface area contributed by atoms with E-state index in [9.17, 15) is 14.4 Å². The van der Waals surface area contributed by atoms with E-state index in [1.54, 1.807) is 9.80 Å². The number of carbonyl (C=O) groups is 3. The first kappa shape index (κ1) is 17.0. The molecular formula is C17H28N2O3. The van der Waals surface area contributed by atoms with Crippen LogP contribution in [-0.4, -0.2) is 53.1 Å². The third kappa shape index (κ3) is 3.87. The number of hydrogen-bond donors (Lipinski definition) is 0. The van der Waals surface area contributed by atoms with Gasteiger partial charge in [-0.2, -0.15) is 0 Å². The largest absolute Gasteiger partial charge is 0.338 e. The Morgan fingerprint density at radius 1 is 1.09 bits per heavy atom. The molecule has 1 aliphatic carbocycles. The molecule has 2 amide bonds. The molecule has 0 bridgehead atoms. The number of Topliss-reactive ketones (excluding diaryl/α,β-unsaturated/α-hetero) is 1. The van der Waals surface area contributed by atoms with Gasteiger partial charge in [-0.1, -0.05) is 26.7 Å². The van der Waals surface area contributed by atoms with E-state index in [0.717, 1.165) is 12.8 Å². The monoisotopic (exact) mass is 308 g/mol. The van der Waals surface area contributed by atoms with Crippen molar-refractivity contribution < 1.29 is 14.4 Å². The zero-order chi connectivity index (χ0) is 16.3. The first-order valence-corrected chi connectivity index (χ1v) is 8.49. The first-order chi connectivity index (χ1) is 10.4. The molecule has 1 heterocycles. The Kier molecular flexibility index (Phi) is 5.59. The molecule has 2 aliphatic rings. The quantitative estimate of drug-likeness (QED) is 0.796. The predicted octanol–water partition coefficient (Wildman–Crippen LogP) is 1.85. The predicted molar refractivity (Wildman–Crippen MR) is 84.2 cm³/mol. The van der Waals surface area contributed by atoms with Crippen LogP contribution < -0.4 is 0 Å². The Hall–Kier alpha value is -1.39. The zero-order valence-corrected chi connectivity index (χ0v) is 14.0. The molecule has 1 atom stereocenters. The summed E-state index contributed by atoms with van der Waals surface area (Å²) in [5.74, 6) is 0.506. The van der Waals surface area contributed by atoms with E-state index >= 15 is 0 Å². The Morgan fingerprint density at radius 3 is 2.27 bits per heavy atom. The maximum atomic E-state index is 12.4. The number of amides is 2. The fourth-order valence-electron chi connectivity index (χ4n) is 3.54. The van der Waals surface area contributed by atoms with E-state index in [2.05, 4.69) is 0 Å². The molecule has 0 N–H and O–H groups in total. The lowest BCUT2D eigenvalue weighted by molar-refractivity contribution is -0.149. The van der Waals surface area contributed by atoms with Crippen molar-refractivity contribution in [1.82, 2.24) is 9.80 Å². The molecule has 0 spiro atoms. The average Bonchev–Trinajstić information content (AvgIpc) is 2.98. The van der Waals surface area contributed by atoms with Gasteiger partial charge in [0.15, 0.2) is 5.78 Å². The Morgan fingerprint density at radius 2 is 1.73 bits per heavy atom. The van der Waals surface area contributed by atoms with Crippen molar-refractivity contribution in [3.05, 3.63) is 0 Å². The highest BCUT2D eigenvalue weighted by atomic mass is 16.2. The third-order valence-corrected chi connectivity index (χ3v) is 4.92. The van der Waals surface area contributed by atoms with Gasteiger partial charge in [-0.05, 0) is 25.7 Å². The van der Waals surface area contributed by atoms with Crippen LogP contribution in [0.3, 0.4) is 0 Å². The van der Waals surface area contributed by atoms with Crippen LogP contribution >= 0.6 is 0 Å². The lowest BCUT2D eigenvalue weighted by atomic mass is 10.0. The Labute approximate surface area is 133 Å².